The Hall–Kier alpha value is -2.93. The van der Waals surface area contributed by atoms with Crippen molar-refractivity contribution in [3.63, 3.8) is 0 Å². The van der Waals surface area contributed by atoms with Gasteiger partial charge >= 0.3 is 0 Å². The number of aromatic amines is 1. The van der Waals surface area contributed by atoms with Gasteiger partial charge in [-0.25, -0.2) is 9.97 Å². The largest absolute Gasteiger partial charge is 0.497 e. The number of piperidine rings is 1. The number of amides is 1. The minimum Gasteiger partial charge on any atom is -0.497 e. The molecule has 0 radical (unpaired) electrons. The van der Waals surface area contributed by atoms with Crippen molar-refractivity contribution in [2.75, 3.05) is 26.8 Å². The van der Waals surface area contributed by atoms with Crippen LogP contribution >= 0.6 is 0 Å². The number of pyridine rings is 1. The molecule has 2 aliphatic rings. The van der Waals surface area contributed by atoms with Gasteiger partial charge in [0.1, 0.15) is 11.6 Å². The maximum atomic E-state index is 12.9. The van der Waals surface area contributed by atoms with Crippen molar-refractivity contribution in [2.24, 2.45) is 0 Å². The van der Waals surface area contributed by atoms with E-state index in [1.165, 1.54) is 5.56 Å². The molecule has 2 aliphatic heterocycles. The van der Waals surface area contributed by atoms with Crippen LogP contribution in [0.2, 0.25) is 0 Å². The molecule has 1 unspecified atom stereocenters. The molecule has 0 aliphatic carbocycles. The first-order valence-corrected chi connectivity index (χ1v) is 12.9. The van der Waals surface area contributed by atoms with E-state index in [-0.39, 0.29) is 17.4 Å². The minimum absolute atomic E-state index is 0.0524. The highest BCUT2D eigenvalue weighted by Gasteiger charge is 2.31. The number of nitrogens with one attached hydrogen (secondary N) is 1. The van der Waals surface area contributed by atoms with Gasteiger partial charge in [0.05, 0.1) is 24.8 Å². The molecule has 1 amide bonds. The molecular weight excluding hydrogens is 440 g/mol. The van der Waals surface area contributed by atoms with Crippen molar-refractivity contribution < 1.29 is 14.3 Å². The number of benzene rings is 1. The first-order chi connectivity index (χ1) is 16.9. The van der Waals surface area contributed by atoms with Crippen molar-refractivity contribution in [3.8, 4) is 5.75 Å². The van der Waals surface area contributed by atoms with Crippen LogP contribution in [0.4, 0.5) is 0 Å². The molecule has 4 heterocycles. The highest BCUT2D eigenvalue weighted by Crippen LogP contribution is 2.36. The number of carbonyl (C=O) groups is 1. The van der Waals surface area contributed by atoms with Gasteiger partial charge in [-0.15, -0.1) is 0 Å². The highest BCUT2D eigenvalue weighted by molar-refractivity contribution is 5.94. The third-order valence-electron chi connectivity index (χ3n) is 7.16. The second-order valence-electron chi connectivity index (χ2n) is 9.82. The van der Waals surface area contributed by atoms with Gasteiger partial charge in [-0.05, 0) is 81.3 Å². The summed E-state index contributed by atoms with van der Waals surface area (Å²) in [4.78, 5) is 27.8. The molecule has 7 nitrogen and oxygen atoms in total. The zero-order valence-electron chi connectivity index (χ0n) is 21.6. The van der Waals surface area contributed by atoms with Crippen LogP contribution < -0.4 is 4.74 Å². The number of hydrogen-bond acceptors (Lipinski definition) is 5. The Morgan fingerprint density at radius 1 is 1.09 bits per heavy atom. The van der Waals surface area contributed by atoms with Crippen LogP contribution in [-0.2, 0) is 4.74 Å². The normalized spacial score (nSPS) is 20.3. The van der Waals surface area contributed by atoms with E-state index in [0.29, 0.717) is 18.1 Å². The minimum atomic E-state index is -0.0524. The van der Waals surface area contributed by atoms with Gasteiger partial charge < -0.3 is 19.4 Å². The summed E-state index contributed by atoms with van der Waals surface area (Å²) in [6.07, 6.45) is 5.80. The molecule has 2 saturated heterocycles. The molecule has 0 bridgehead atoms. The number of likely N-dealkylation sites (tertiary alicyclic amines) is 1. The summed E-state index contributed by atoms with van der Waals surface area (Å²) < 4.78 is 11.2. The summed E-state index contributed by atoms with van der Waals surface area (Å²) in [6.45, 7) is 10.5. The van der Waals surface area contributed by atoms with E-state index in [2.05, 4.69) is 29.9 Å². The Balaban J connectivity index is 0.00000141. The van der Waals surface area contributed by atoms with E-state index in [0.717, 1.165) is 61.5 Å². The zero-order chi connectivity index (χ0) is 25.0. The van der Waals surface area contributed by atoms with Crippen LogP contribution in [0.3, 0.4) is 0 Å². The van der Waals surface area contributed by atoms with Gasteiger partial charge in [0.25, 0.3) is 5.91 Å². The lowest BCUT2D eigenvalue weighted by Gasteiger charge is -2.34. The summed E-state index contributed by atoms with van der Waals surface area (Å²) in [5.74, 6) is 2.48. The monoisotopic (exact) mass is 478 g/mol. The quantitative estimate of drug-likeness (QED) is 0.521. The topological polar surface area (TPSA) is 80.3 Å². The summed E-state index contributed by atoms with van der Waals surface area (Å²) in [7, 11) is 1.63. The maximum absolute atomic E-state index is 12.9. The Morgan fingerprint density at radius 2 is 1.80 bits per heavy atom. The van der Waals surface area contributed by atoms with Crippen LogP contribution in [-0.4, -0.2) is 58.2 Å². The standard InChI is InChI=1S/C26H32N4O3.C2H6/c1-26(2)12-8-19(16-33-26)23-28-22-21(9-13-27-24(22)29-23)17-10-14-30(15-11-17)25(31)18-4-6-20(32-3)7-5-18;1-2/h4-7,9,13,17,19H,8,10-12,14-16H2,1-3H3,(H,27,28,29);1-2H3. The fourth-order valence-electron chi connectivity index (χ4n) is 5.01. The van der Waals surface area contributed by atoms with Crippen LogP contribution in [0, 0.1) is 0 Å². The van der Waals surface area contributed by atoms with Crippen molar-refractivity contribution in [1.82, 2.24) is 19.9 Å². The molecule has 5 rings (SSSR count). The number of nitrogens with zero attached hydrogens (tertiary/aromatic N) is 3. The lowest BCUT2D eigenvalue weighted by Crippen LogP contribution is -2.37. The highest BCUT2D eigenvalue weighted by atomic mass is 16.5. The zero-order valence-corrected chi connectivity index (χ0v) is 21.6. The molecule has 2 aromatic heterocycles. The average Bonchev–Trinajstić information content (AvgIpc) is 3.34. The maximum Gasteiger partial charge on any atom is 0.253 e. The fourth-order valence-corrected chi connectivity index (χ4v) is 5.01. The Bertz CT molecular complexity index is 1120. The number of carbonyl (C=O) groups excluding carboxylic acids is 1. The molecule has 0 spiro atoms. The van der Waals surface area contributed by atoms with Crippen LogP contribution in [0.15, 0.2) is 36.5 Å². The molecule has 3 aromatic rings. The van der Waals surface area contributed by atoms with Gasteiger partial charge in [-0.1, -0.05) is 13.8 Å². The number of methoxy groups -OCH3 is 1. The first-order valence-electron chi connectivity index (χ1n) is 12.9. The van der Waals surface area contributed by atoms with E-state index >= 15 is 0 Å². The molecule has 188 valence electrons. The number of fused-ring (bicyclic) bond motifs is 1. The van der Waals surface area contributed by atoms with Gasteiger partial charge in [-0.3, -0.25) is 4.79 Å². The smallest absolute Gasteiger partial charge is 0.253 e. The fraction of sp³-hybridized carbons (Fsp3) is 0.536. The number of imidazole rings is 1. The van der Waals surface area contributed by atoms with Crippen LogP contribution in [0.5, 0.6) is 5.75 Å². The van der Waals surface area contributed by atoms with Gasteiger partial charge in [-0.2, -0.15) is 0 Å². The molecule has 1 N–H and O–H groups in total. The van der Waals surface area contributed by atoms with E-state index in [9.17, 15) is 4.79 Å². The number of ether oxygens (including phenoxy) is 2. The summed E-state index contributed by atoms with van der Waals surface area (Å²) >= 11 is 0. The number of hydrogen-bond donors (Lipinski definition) is 1. The van der Waals surface area contributed by atoms with Crippen molar-refractivity contribution in [2.45, 2.75) is 70.8 Å². The lowest BCUT2D eigenvalue weighted by atomic mass is 9.89. The molecule has 2 fully saturated rings. The third-order valence-corrected chi connectivity index (χ3v) is 7.16. The first kappa shape index (κ1) is 25.2. The SMILES string of the molecule is CC.COc1ccc(C(=O)N2CCC(c3ccnc4nc(C5CCC(C)(C)OC5)[nH]c34)CC2)cc1. The van der Waals surface area contributed by atoms with Crippen LogP contribution in [0.25, 0.3) is 11.2 Å². The number of H-pyrrole nitrogens is 1. The second-order valence-corrected chi connectivity index (χ2v) is 9.82. The summed E-state index contributed by atoms with van der Waals surface area (Å²) in [5, 5.41) is 0. The number of aromatic nitrogens is 3. The molecular formula is C28H38N4O3. The van der Waals surface area contributed by atoms with E-state index in [1.54, 1.807) is 7.11 Å². The Morgan fingerprint density at radius 3 is 2.43 bits per heavy atom. The van der Waals surface area contributed by atoms with Crippen molar-refractivity contribution in [1.29, 1.82) is 0 Å². The van der Waals surface area contributed by atoms with Crippen molar-refractivity contribution in [3.05, 3.63) is 53.5 Å². The Labute approximate surface area is 208 Å². The summed E-state index contributed by atoms with van der Waals surface area (Å²) in [6, 6.07) is 9.45. The second kappa shape index (κ2) is 10.8. The van der Waals surface area contributed by atoms with E-state index in [4.69, 9.17) is 14.5 Å². The Kier molecular flexibility index (Phi) is 7.75. The predicted octanol–water partition coefficient (Wildman–Crippen LogP) is 5.69. The van der Waals surface area contributed by atoms with E-state index in [1.807, 2.05) is 49.2 Å². The van der Waals surface area contributed by atoms with Gasteiger partial charge in [0.15, 0.2) is 5.65 Å². The van der Waals surface area contributed by atoms with Crippen molar-refractivity contribution >= 4 is 17.1 Å². The average molecular weight is 479 g/mol. The van der Waals surface area contributed by atoms with Gasteiger partial charge in [0.2, 0.25) is 0 Å². The van der Waals surface area contributed by atoms with Crippen LogP contribution in [0.1, 0.15) is 87.0 Å². The molecule has 35 heavy (non-hydrogen) atoms. The molecule has 0 saturated carbocycles. The summed E-state index contributed by atoms with van der Waals surface area (Å²) in [5.41, 5.74) is 3.73. The third kappa shape index (κ3) is 5.50. The molecule has 1 atom stereocenters. The molecule has 1 aromatic carbocycles. The predicted molar refractivity (Wildman–Crippen MR) is 138 cm³/mol. The number of rotatable bonds is 4. The molecule has 7 heteroatoms. The lowest BCUT2D eigenvalue weighted by molar-refractivity contribution is -0.0620. The van der Waals surface area contributed by atoms with Gasteiger partial charge in [0, 0.05) is 30.8 Å². The van der Waals surface area contributed by atoms with E-state index < -0.39 is 0 Å².